The van der Waals surface area contributed by atoms with Gasteiger partial charge in [0.1, 0.15) is 4.99 Å². The second kappa shape index (κ2) is 5.75. The number of rotatable bonds is 5. The van der Waals surface area contributed by atoms with Crippen LogP contribution in [0, 0.1) is 0 Å². The maximum Gasteiger partial charge on any atom is 0.242 e. The summed E-state index contributed by atoms with van der Waals surface area (Å²) in [6.45, 7) is 1.55. The molecule has 1 atom stereocenters. The number of likely N-dealkylation sites (N-methyl/N-ethyl adjacent to an activating group) is 1. The van der Waals surface area contributed by atoms with E-state index >= 15 is 0 Å². The molecule has 0 saturated carbocycles. The summed E-state index contributed by atoms with van der Waals surface area (Å²) in [5.74, 6) is 0. The molecule has 1 unspecified atom stereocenters. The van der Waals surface area contributed by atoms with Crippen LogP contribution in [0.15, 0.2) is 29.2 Å². The SMILES string of the molecule is CC(O)CN(C)S(=O)(=O)c1cccc(C(N)=S)c1. The Morgan fingerprint density at radius 3 is 2.67 bits per heavy atom. The normalized spacial score (nSPS) is 13.6. The Bertz CT molecular complexity index is 541. The number of nitrogens with two attached hydrogens (primary N) is 1. The molecule has 100 valence electrons. The molecule has 18 heavy (non-hydrogen) atoms. The molecular weight excluding hydrogens is 272 g/mol. The van der Waals surface area contributed by atoms with Crippen LogP contribution in [0.25, 0.3) is 0 Å². The molecule has 0 spiro atoms. The summed E-state index contributed by atoms with van der Waals surface area (Å²) in [5, 5.41) is 9.23. The van der Waals surface area contributed by atoms with Gasteiger partial charge in [-0.25, -0.2) is 8.42 Å². The lowest BCUT2D eigenvalue weighted by atomic mass is 10.2. The second-order valence-electron chi connectivity index (χ2n) is 4.03. The van der Waals surface area contributed by atoms with E-state index < -0.39 is 16.1 Å². The molecular formula is C11H16N2O3S2. The van der Waals surface area contributed by atoms with E-state index in [0.717, 1.165) is 4.31 Å². The topological polar surface area (TPSA) is 83.6 Å². The fraction of sp³-hybridized carbons (Fsp3) is 0.364. The van der Waals surface area contributed by atoms with Gasteiger partial charge in [-0.2, -0.15) is 4.31 Å². The molecule has 0 bridgehead atoms. The molecule has 0 aromatic heterocycles. The summed E-state index contributed by atoms with van der Waals surface area (Å²) >= 11 is 4.81. The largest absolute Gasteiger partial charge is 0.392 e. The van der Waals surface area contributed by atoms with Crippen molar-refractivity contribution in [2.45, 2.75) is 17.9 Å². The lowest BCUT2D eigenvalue weighted by Gasteiger charge is -2.18. The highest BCUT2D eigenvalue weighted by Crippen LogP contribution is 2.16. The fourth-order valence-corrected chi connectivity index (χ4v) is 2.89. The van der Waals surface area contributed by atoms with Crippen molar-refractivity contribution < 1.29 is 13.5 Å². The Morgan fingerprint density at radius 1 is 1.56 bits per heavy atom. The molecule has 1 rings (SSSR count). The van der Waals surface area contributed by atoms with Crippen LogP contribution >= 0.6 is 12.2 Å². The van der Waals surface area contributed by atoms with Gasteiger partial charge in [0.2, 0.25) is 10.0 Å². The van der Waals surface area contributed by atoms with Gasteiger partial charge >= 0.3 is 0 Å². The molecule has 0 fully saturated rings. The van der Waals surface area contributed by atoms with Crippen LogP contribution in [0.4, 0.5) is 0 Å². The smallest absolute Gasteiger partial charge is 0.242 e. The van der Waals surface area contributed by atoms with Crippen molar-refractivity contribution in [1.29, 1.82) is 0 Å². The average Bonchev–Trinajstić information content (AvgIpc) is 2.28. The number of aliphatic hydroxyl groups excluding tert-OH is 1. The van der Waals surface area contributed by atoms with Gasteiger partial charge in [0.05, 0.1) is 11.0 Å². The number of aliphatic hydroxyl groups is 1. The maximum absolute atomic E-state index is 12.2. The Hall–Kier alpha value is -1.02. The second-order valence-corrected chi connectivity index (χ2v) is 6.51. The monoisotopic (exact) mass is 288 g/mol. The molecule has 3 N–H and O–H groups in total. The maximum atomic E-state index is 12.2. The van der Waals surface area contributed by atoms with Crippen LogP contribution in [0.5, 0.6) is 0 Å². The lowest BCUT2D eigenvalue weighted by Crippen LogP contribution is -2.33. The molecule has 0 amide bonds. The Balaban J connectivity index is 3.12. The van der Waals surface area contributed by atoms with Gasteiger partial charge in [-0.05, 0) is 19.1 Å². The molecule has 5 nitrogen and oxygen atoms in total. The van der Waals surface area contributed by atoms with Crippen LogP contribution in [-0.4, -0.2) is 42.5 Å². The first-order valence-corrected chi connectivity index (χ1v) is 7.14. The number of sulfonamides is 1. The molecule has 7 heteroatoms. The van der Waals surface area contributed by atoms with E-state index in [-0.39, 0.29) is 16.4 Å². The van der Waals surface area contributed by atoms with Gasteiger partial charge in [-0.1, -0.05) is 24.4 Å². The van der Waals surface area contributed by atoms with Crippen molar-refractivity contribution in [1.82, 2.24) is 4.31 Å². The number of hydrogen-bond donors (Lipinski definition) is 2. The number of nitrogens with zero attached hydrogens (tertiary/aromatic N) is 1. The van der Waals surface area contributed by atoms with Gasteiger partial charge in [-0.3, -0.25) is 0 Å². The van der Waals surface area contributed by atoms with Gasteiger partial charge in [0.15, 0.2) is 0 Å². The third-order valence-corrected chi connectivity index (χ3v) is 4.40. The summed E-state index contributed by atoms with van der Waals surface area (Å²) < 4.78 is 25.4. The van der Waals surface area contributed by atoms with Crippen LogP contribution in [0.2, 0.25) is 0 Å². The van der Waals surface area contributed by atoms with E-state index in [1.54, 1.807) is 12.1 Å². The van der Waals surface area contributed by atoms with E-state index in [9.17, 15) is 13.5 Å². The summed E-state index contributed by atoms with van der Waals surface area (Å²) in [6, 6.07) is 6.12. The van der Waals surface area contributed by atoms with Gasteiger partial charge in [-0.15, -0.1) is 0 Å². The van der Waals surface area contributed by atoms with Crippen LogP contribution in [0.3, 0.4) is 0 Å². The van der Waals surface area contributed by atoms with Crippen molar-refractivity contribution in [2.24, 2.45) is 5.73 Å². The third kappa shape index (κ3) is 3.49. The number of hydrogen-bond acceptors (Lipinski definition) is 4. The Kier molecular flexibility index (Phi) is 4.80. The summed E-state index contributed by atoms with van der Waals surface area (Å²) in [4.78, 5) is 0.251. The predicted molar refractivity (Wildman–Crippen MR) is 73.8 cm³/mol. The number of benzene rings is 1. The van der Waals surface area contributed by atoms with E-state index in [1.165, 1.54) is 26.1 Å². The number of thiocarbonyl (C=S) groups is 1. The molecule has 0 aliphatic carbocycles. The summed E-state index contributed by atoms with van der Waals surface area (Å²) in [6.07, 6.45) is -0.733. The van der Waals surface area contributed by atoms with Crippen molar-refractivity contribution in [3.8, 4) is 0 Å². The first kappa shape index (κ1) is 15.0. The Labute approximate surface area is 112 Å². The zero-order chi connectivity index (χ0) is 13.9. The third-order valence-electron chi connectivity index (χ3n) is 2.35. The first-order valence-electron chi connectivity index (χ1n) is 5.29. The minimum absolute atomic E-state index is 0.0274. The van der Waals surface area contributed by atoms with Crippen molar-refractivity contribution in [3.05, 3.63) is 29.8 Å². The molecule has 1 aromatic carbocycles. The molecule has 0 aliphatic rings. The molecule has 0 radical (unpaired) electrons. The van der Waals surface area contributed by atoms with Crippen LogP contribution in [-0.2, 0) is 10.0 Å². The van der Waals surface area contributed by atoms with E-state index in [1.807, 2.05) is 0 Å². The minimum atomic E-state index is -3.63. The van der Waals surface area contributed by atoms with Gasteiger partial charge in [0.25, 0.3) is 0 Å². The average molecular weight is 288 g/mol. The van der Waals surface area contributed by atoms with Crippen LogP contribution < -0.4 is 5.73 Å². The van der Waals surface area contributed by atoms with Crippen LogP contribution in [0.1, 0.15) is 12.5 Å². The Morgan fingerprint density at radius 2 is 2.17 bits per heavy atom. The van der Waals surface area contributed by atoms with Crippen molar-refractivity contribution >= 4 is 27.2 Å². The zero-order valence-corrected chi connectivity index (χ0v) is 11.8. The summed E-state index contributed by atoms with van der Waals surface area (Å²) in [7, 11) is -2.22. The molecule has 0 aliphatic heterocycles. The van der Waals surface area contributed by atoms with E-state index in [0.29, 0.717) is 5.56 Å². The van der Waals surface area contributed by atoms with Gasteiger partial charge in [0, 0.05) is 19.2 Å². The van der Waals surface area contributed by atoms with E-state index in [2.05, 4.69) is 0 Å². The van der Waals surface area contributed by atoms with E-state index in [4.69, 9.17) is 18.0 Å². The first-order chi connectivity index (χ1) is 8.25. The predicted octanol–water partition coefficient (Wildman–Crippen LogP) is 0.322. The standard InChI is InChI=1S/C11H16N2O3S2/c1-8(14)7-13(2)18(15,16)10-5-3-4-9(6-10)11(12)17/h3-6,8,14H,7H2,1-2H3,(H2,12,17). The highest BCUT2D eigenvalue weighted by atomic mass is 32.2. The quantitative estimate of drug-likeness (QED) is 0.763. The highest BCUT2D eigenvalue weighted by molar-refractivity contribution is 7.89. The van der Waals surface area contributed by atoms with Gasteiger partial charge < -0.3 is 10.8 Å². The highest BCUT2D eigenvalue weighted by Gasteiger charge is 2.22. The lowest BCUT2D eigenvalue weighted by molar-refractivity contribution is 0.171. The molecule has 0 saturated heterocycles. The minimum Gasteiger partial charge on any atom is -0.392 e. The molecule has 0 heterocycles. The molecule has 1 aromatic rings. The van der Waals surface area contributed by atoms with Crippen molar-refractivity contribution in [2.75, 3.05) is 13.6 Å². The summed E-state index contributed by atoms with van der Waals surface area (Å²) in [5.41, 5.74) is 5.96. The zero-order valence-electron chi connectivity index (χ0n) is 10.2. The van der Waals surface area contributed by atoms with Crippen molar-refractivity contribution in [3.63, 3.8) is 0 Å². The fourth-order valence-electron chi connectivity index (χ4n) is 1.46.